The van der Waals surface area contributed by atoms with Gasteiger partial charge < -0.3 is 0 Å². The molecular formula is C21H30O2. The quantitative estimate of drug-likeness (QED) is 0.664. The van der Waals surface area contributed by atoms with Gasteiger partial charge in [-0.2, -0.15) is 0 Å². The van der Waals surface area contributed by atoms with Crippen molar-refractivity contribution in [3.63, 3.8) is 0 Å². The Morgan fingerprint density at radius 1 is 1.04 bits per heavy atom. The number of carbonyl (C=O) groups excluding carboxylic acids is 2. The van der Waals surface area contributed by atoms with Crippen LogP contribution in [0.2, 0.25) is 0 Å². The van der Waals surface area contributed by atoms with Crippen molar-refractivity contribution in [1.29, 1.82) is 0 Å². The lowest BCUT2D eigenvalue weighted by Gasteiger charge is -2.57. The lowest BCUT2D eigenvalue weighted by molar-refractivity contribution is -0.132. The summed E-state index contributed by atoms with van der Waals surface area (Å²) in [7, 11) is 0. The van der Waals surface area contributed by atoms with Crippen LogP contribution in [0.1, 0.15) is 65.7 Å². The highest BCUT2D eigenvalue weighted by atomic mass is 16.1. The van der Waals surface area contributed by atoms with Crippen molar-refractivity contribution in [3.8, 4) is 0 Å². The molecule has 23 heavy (non-hydrogen) atoms. The fourth-order valence-corrected chi connectivity index (χ4v) is 7.09. The third kappa shape index (κ3) is 2.06. The summed E-state index contributed by atoms with van der Waals surface area (Å²) < 4.78 is 0. The molecule has 126 valence electrons. The van der Waals surface area contributed by atoms with Crippen molar-refractivity contribution in [2.75, 3.05) is 0 Å². The predicted octanol–water partition coefficient (Wildman–Crippen LogP) is 4.58. The van der Waals surface area contributed by atoms with Gasteiger partial charge in [-0.25, -0.2) is 0 Å². The lowest BCUT2D eigenvalue weighted by Crippen LogP contribution is -2.52. The Bertz CT molecular complexity index is 576. The molecule has 0 aliphatic heterocycles. The largest absolute Gasteiger partial charge is 0.300 e. The Morgan fingerprint density at radius 3 is 2.52 bits per heavy atom. The number of ketones is 2. The highest BCUT2D eigenvalue weighted by Gasteiger charge is 2.59. The number of allylic oxidation sites excluding steroid dienone is 2. The van der Waals surface area contributed by atoms with E-state index in [0.717, 1.165) is 31.6 Å². The molecule has 0 heterocycles. The van der Waals surface area contributed by atoms with Crippen molar-refractivity contribution in [1.82, 2.24) is 0 Å². The Balaban J connectivity index is 1.68. The highest BCUT2D eigenvalue weighted by molar-refractivity contribution is 5.80. The first-order chi connectivity index (χ1) is 10.9. The third-order valence-electron chi connectivity index (χ3n) is 8.47. The van der Waals surface area contributed by atoms with Crippen molar-refractivity contribution in [3.05, 3.63) is 12.2 Å². The van der Waals surface area contributed by atoms with Gasteiger partial charge >= 0.3 is 0 Å². The summed E-state index contributed by atoms with van der Waals surface area (Å²) in [4.78, 5) is 24.0. The van der Waals surface area contributed by atoms with Crippen LogP contribution in [0.25, 0.3) is 0 Å². The molecule has 0 radical (unpaired) electrons. The zero-order chi connectivity index (χ0) is 16.4. The molecule has 7 atom stereocenters. The molecule has 2 heteroatoms. The van der Waals surface area contributed by atoms with E-state index in [4.69, 9.17) is 0 Å². The number of fused-ring (bicyclic) bond motifs is 5. The van der Waals surface area contributed by atoms with E-state index in [0.29, 0.717) is 34.7 Å². The number of rotatable bonds is 1. The number of hydrogen-bond donors (Lipinski definition) is 0. The fraction of sp³-hybridized carbons (Fsp3) is 0.810. The molecule has 0 unspecified atom stereocenters. The Morgan fingerprint density at radius 2 is 1.78 bits per heavy atom. The minimum atomic E-state index is 0.213. The first kappa shape index (κ1) is 15.6. The molecule has 0 aromatic rings. The molecule has 4 aliphatic carbocycles. The first-order valence-electron chi connectivity index (χ1n) is 9.57. The number of carbonyl (C=O) groups is 2. The van der Waals surface area contributed by atoms with E-state index in [2.05, 4.69) is 26.0 Å². The minimum absolute atomic E-state index is 0.213. The van der Waals surface area contributed by atoms with Crippen LogP contribution in [0.5, 0.6) is 0 Å². The summed E-state index contributed by atoms with van der Waals surface area (Å²) >= 11 is 0. The van der Waals surface area contributed by atoms with Crippen molar-refractivity contribution >= 4 is 11.6 Å². The Labute approximate surface area is 140 Å². The van der Waals surface area contributed by atoms with Gasteiger partial charge in [0.1, 0.15) is 11.6 Å². The van der Waals surface area contributed by atoms with Crippen LogP contribution >= 0.6 is 0 Å². The molecular weight excluding hydrogens is 284 g/mol. The zero-order valence-corrected chi connectivity index (χ0v) is 14.8. The lowest BCUT2D eigenvalue weighted by atomic mass is 9.46. The molecule has 3 fully saturated rings. The predicted molar refractivity (Wildman–Crippen MR) is 90.8 cm³/mol. The van der Waals surface area contributed by atoms with Crippen molar-refractivity contribution < 1.29 is 9.59 Å². The average Bonchev–Trinajstić information content (AvgIpc) is 2.85. The molecule has 0 bridgehead atoms. The second-order valence-corrected chi connectivity index (χ2v) is 9.32. The van der Waals surface area contributed by atoms with Crippen molar-refractivity contribution in [2.45, 2.75) is 65.7 Å². The van der Waals surface area contributed by atoms with Crippen LogP contribution in [-0.2, 0) is 9.59 Å². The monoisotopic (exact) mass is 314 g/mol. The summed E-state index contributed by atoms with van der Waals surface area (Å²) in [5.74, 6) is 3.61. The molecule has 4 aliphatic rings. The summed E-state index contributed by atoms with van der Waals surface area (Å²) in [6.07, 6.45) is 12.2. The van der Waals surface area contributed by atoms with E-state index in [9.17, 15) is 9.59 Å². The highest BCUT2D eigenvalue weighted by Crippen LogP contribution is 2.65. The maximum absolute atomic E-state index is 12.1. The second-order valence-electron chi connectivity index (χ2n) is 9.32. The summed E-state index contributed by atoms with van der Waals surface area (Å²) in [6.45, 7) is 6.64. The first-order valence-corrected chi connectivity index (χ1v) is 9.57. The summed E-state index contributed by atoms with van der Waals surface area (Å²) in [6, 6.07) is 0. The average molecular weight is 314 g/mol. The molecule has 3 saturated carbocycles. The van der Waals surface area contributed by atoms with Gasteiger partial charge in [-0.05, 0) is 73.5 Å². The molecule has 0 aromatic heterocycles. The van der Waals surface area contributed by atoms with Crippen LogP contribution in [0, 0.1) is 40.4 Å². The van der Waals surface area contributed by atoms with Gasteiger partial charge in [0.15, 0.2) is 0 Å². The maximum Gasteiger partial charge on any atom is 0.133 e. The second kappa shape index (κ2) is 5.04. The zero-order valence-electron chi connectivity index (χ0n) is 14.8. The van der Waals surface area contributed by atoms with Gasteiger partial charge in [-0.3, -0.25) is 9.59 Å². The van der Waals surface area contributed by atoms with Crippen LogP contribution < -0.4 is 0 Å². The number of Topliss-reactive ketones (excluding diaryl/α,β-unsaturated/α-hetero) is 2. The Hall–Kier alpha value is -0.920. The van der Waals surface area contributed by atoms with E-state index in [-0.39, 0.29) is 11.3 Å². The van der Waals surface area contributed by atoms with E-state index < -0.39 is 0 Å². The van der Waals surface area contributed by atoms with Crippen LogP contribution in [0.15, 0.2) is 12.2 Å². The summed E-state index contributed by atoms with van der Waals surface area (Å²) in [5.41, 5.74) is 0.522. The van der Waals surface area contributed by atoms with Gasteiger partial charge in [-0.1, -0.05) is 26.0 Å². The van der Waals surface area contributed by atoms with Gasteiger partial charge in [0.05, 0.1) is 0 Å². The molecule has 0 N–H and O–H groups in total. The topological polar surface area (TPSA) is 34.1 Å². The van der Waals surface area contributed by atoms with E-state index >= 15 is 0 Å². The van der Waals surface area contributed by atoms with E-state index in [1.807, 2.05) is 0 Å². The van der Waals surface area contributed by atoms with Crippen molar-refractivity contribution in [2.24, 2.45) is 40.4 Å². The standard InChI is InChI=1S/C21H30O2/c1-13(22)17-6-7-18-16-5-4-14-12-15(23)8-10-20(14,2)19(16)9-11-21(17,18)3/h4-5,14,16-19H,6-12H2,1-3H3/t14-,16+,17-,18+,19+,20+,21-/m1/s1. The van der Waals surface area contributed by atoms with Gasteiger partial charge in [0, 0.05) is 18.8 Å². The molecule has 0 spiro atoms. The normalized spacial score (nSPS) is 51.8. The molecule has 2 nitrogen and oxygen atoms in total. The van der Waals surface area contributed by atoms with Crippen LogP contribution in [-0.4, -0.2) is 11.6 Å². The summed E-state index contributed by atoms with van der Waals surface area (Å²) in [5, 5.41) is 0. The minimum Gasteiger partial charge on any atom is -0.300 e. The van der Waals surface area contributed by atoms with Gasteiger partial charge in [-0.15, -0.1) is 0 Å². The van der Waals surface area contributed by atoms with Crippen LogP contribution in [0.3, 0.4) is 0 Å². The maximum atomic E-state index is 12.1. The molecule has 0 saturated heterocycles. The SMILES string of the molecule is CC(=O)[C@H]1CC[C@H]2[C@@H]3C=C[C@@H]4CC(=O)CC[C@]4(C)[C@H]3CC[C@]12C. The molecule has 0 aromatic carbocycles. The molecule has 0 amide bonds. The number of hydrogen-bond acceptors (Lipinski definition) is 2. The van der Waals surface area contributed by atoms with Gasteiger partial charge in [0.2, 0.25) is 0 Å². The smallest absolute Gasteiger partial charge is 0.133 e. The van der Waals surface area contributed by atoms with Crippen LogP contribution in [0.4, 0.5) is 0 Å². The molecule has 4 rings (SSSR count). The van der Waals surface area contributed by atoms with E-state index in [1.54, 1.807) is 6.92 Å². The fourth-order valence-electron chi connectivity index (χ4n) is 7.09. The van der Waals surface area contributed by atoms with Gasteiger partial charge in [0.25, 0.3) is 0 Å². The van der Waals surface area contributed by atoms with E-state index in [1.165, 1.54) is 19.3 Å². The third-order valence-corrected chi connectivity index (χ3v) is 8.47. The Kier molecular flexibility index (Phi) is 3.42.